The van der Waals surface area contributed by atoms with E-state index in [0.717, 1.165) is 30.3 Å². The molecule has 0 aliphatic heterocycles. The lowest BCUT2D eigenvalue weighted by atomic mass is 10.0. The summed E-state index contributed by atoms with van der Waals surface area (Å²) in [6.45, 7) is 6.52. The average molecular weight is 546 g/mol. The molecule has 0 aliphatic rings. The second-order valence-corrected chi connectivity index (χ2v) is 7.34. The normalized spacial score (nSPS) is 11.9. The number of amides is 1. The molecule has 0 aliphatic carbocycles. The SMILES string of the molecule is CCNC(=NCc1cccc(NC(=O)Cn2cccn2)c1)NCC(C)c1ccccc1.I. The van der Waals surface area contributed by atoms with E-state index in [2.05, 4.69) is 52.2 Å². The molecule has 8 heteroatoms. The molecule has 1 atom stereocenters. The Kier molecular flexibility index (Phi) is 10.7. The van der Waals surface area contributed by atoms with Crippen molar-refractivity contribution in [2.24, 2.45) is 4.99 Å². The van der Waals surface area contributed by atoms with Crippen LogP contribution in [0.1, 0.15) is 30.9 Å². The minimum atomic E-state index is -0.116. The van der Waals surface area contributed by atoms with Crippen molar-refractivity contribution in [3.05, 3.63) is 84.2 Å². The number of aromatic nitrogens is 2. The van der Waals surface area contributed by atoms with E-state index in [1.54, 1.807) is 23.1 Å². The van der Waals surface area contributed by atoms with Gasteiger partial charge in [-0.3, -0.25) is 9.48 Å². The lowest BCUT2D eigenvalue weighted by Crippen LogP contribution is -2.39. The Labute approximate surface area is 206 Å². The van der Waals surface area contributed by atoms with Crippen LogP contribution in [0.4, 0.5) is 5.69 Å². The van der Waals surface area contributed by atoms with Crippen molar-refractivity contribution in [1.82, 2.24) is 20.4 Å². The summed E-state index contributed by atoms with van der Waals surface area (Å²) in [6, 6.07) is 20.0. The van der Waals surface area contributed by atoms with Crippen LogP contribution in [0.3, 0.4) is 0 Å². The molecule has 0 saturated carbocycles. The lowest BCUT2D eigenvalue weighted by molar-refractivity contribution is -0.116. The van der Waals surface area contributed by atoms with Crippen LogP contribution in [0.15, 0.2) is 78.0 Å². The molecule has 1 amide bonds. The number of benzene rings is 2. The molecule has 0 fully saturated rings. The first-order chi connectivity index (χ1) is 15.1. The summed E-state index contributed by atoms with van der Waals surface area (Å²) in [6.07, 6.45) is 3.42. The molecule has 2 aromatic carbocycles. The monoisotopic (exact) mass is 546 g/mol. The van der Waals surface area contributed by atoms with Gasteiger partial charge in [0.1, 0.15) is 6.54 Å². The van der Waals surface area contributed by atoms with Gasteiger partial charge in [-0.15, -0.1) is 24.0 Å². The van der Waals surface area contributed by atoms with Crippen LogP contribution in [-0.4, -0.2) is 34.7 Å². The zero-order valence-electron chi connectivity index (χ0n) is 18.5. The molecule has 1 aromatic heterocycles. The Bertz CT molecular complexity index is 975. The molecule has 32 heavy (non-hydrogen) atoms. The topological polar surface area (TPSA) is 83.3 Å². The van der Waals surface area contributed by atoms with Crippen molar-refractivity contribution in [2.45, 2.75) is 32.9 Å². The van der Waals surface area contributed by atoms with Gasteiger partial charge in [0.15, 0.2) is 5.96 Å². The molecule has 3 N–H and O–H groups in total. The number of rotatable bonds is 9. The van der Waals surface area contributed by atoms with Crippen molar-refractivity contribution in [1.29, 1.82) is 0 Å². The number of anilines is 1. The number of halogens is 1. The predicted octanol–water partition coefficient (Wildman–Crippen LogP) is 4.00. The van der Waals surface area contributed by atoms with Crippen molar-refractivity contribution in [3.63, 3.8) is 0 Å². The van der Waals surface area contributed by atoms with E-state index in [9.17, 15) is 4.79 Å². The summed E-state index contributed by atoms with van der Waals surface area (Å²) in [4.78, 5) is 16.9. The second kappa shape index (κ2) is 13.5. The molecule has 7 nitrogen and oxygen atoms in total. The Morgan fingerprint density at radius 1 is 1.09 bits per heavy atom. The van der Waals surface area contributed by atoms with Crippen LogP contribution in [0.2, 0.25) is 0 Å². The number of aliphatic imine (C=N–C) groups is 1. The number of hydrogen-bond acceptors (Lipinski definition) is 3. The van der Waals surface area contributed by atoms with Gasteiger partial charge >= 0.3 is 0 Å². The zero-order valence-corrected chi connectivity index (χ0v) is 20.8. The van der Waals surface area contributed by atoms with Crippen molar-refractivity contribution < 1.29 is 4.79 Å². The summed E-state index contributed by atoms with van der Waals surface area (Å²) in [5.41, 5.74) is 3.06. The van der Waals surface area contributed by atoms with Crippen LogP contribution < -0.4 is 16.0 Å². The molecule has 0 bridgehead atoms. The molecule has 1 unspecified atom stereocenters. The van der Waals surface area contributed by atoms with Crippen molar-refractivity contribution in [2.75, 3.05) is 18.4 Å². The molecule has 170 valence electrons. The molecular formula is C24H31IN6O. The van der Waals surface area contributed by atoms with E-state index in [0.29, 0.717) is 12.5 Å². The summed E-state index contributed by atoms with van der Waals surface area (Å²) < 4.78 is 1.59. The third kappa shape index (κ3) is 8.33. The van der Waals surface area contributed by atoms with Gasteiger partial charge in [0.2, 0.25) is 5.91 Å². The fourth-order valence-electron chi connectivity index (χ4n) is 3.15. The third-order valence-corrected chi connectivity index (χ3v) is 4.78. The van der Waals surface area contributed by atoms with E-state index < -0.39 is 0 Å². The van der Waals surface area contributed by atoms with Crippen molar-refractivity contribution in [3.8, 4) is 0 Å². The number of carbonyl (C=O) groups excluding carboxylic acids is 1. The van der Waals surface area contributed by atoms with Gasteiger partial charge < -0.3 is 16.0 Å². The van der Waals surface area contributed by atoms with E-state index >= 15 is 0 Å². The standard InChI is InChI=1S/C24H30N6O.HI/c1-3-25-24(26-16-19(2)21-10-5-4-6-11-21)27-17-20-9-7-12-22(15-20)29-23(31)18-30-14-8-13-28-30;/h4-15,19H,3,16-18H2,1-2H3,(H,29,31)(H2,25,26,27);1H. The van der Waals surface area contributed by atoms with Gasteiger partial charge in [0, 0.05) is 31.2 Å². The first-order valence-corrected chi connectivity index (χ1v) is 10.6. The highest BCUT2D eigenvalue weighted by atomic mass is 127. The average Bonchev–Trinajstić information content (AvgIpc) is 3.29. The molecule has 1 heterocycles. The Balaban J connectivity index is 0.00000363. The number of nitrogens with zero attached hydrogens (tertiary/aromatic N) is 3. The van der Waals surface area contributed by atoms with Crippen molar-refractivity contribution >= 4 is 41.5 Å². The number of carbonyl (C=O) groups is 1. The minimum absolute atomic E-state index is 0. The first-order valence-electron chi connectivity index (χ1n) is 10.6. The van der Waals surface area contributed by atoms with Gasteiger partial charge in [-0.05, 0) is 42.2 Å². The highest BCUT2D eigenvalue weighted by Crippen LogP contribution is 2.14. The van der Waals surface area contributed by atoms with E-state index in [4.69, 9.17) is 4.99 Å². The maximum absolute atomic E-state index is 12.2. The fourth-order valence-corrected chi connectivity index (χ4v) is 3.15. The summed E-state index contributed by atoms with van der Waals surface area (Å²) in [5, 5.41) is 13.7. The van der Waals surface area contributed by atoms with Gasteiger partial charge in [-0.25, -0.2) is 4.99 Å². The van der Waals surface area contributed by atoms with E-state index in [1.807, 2.05) is 37.3 Å². The zero-order chi connectivity index (χ0) is 21.9. The van der Waals surface area contributed by atoms with E-state index in [-0.39, 0.29) is 36.4 Å². The number of guanidine groups is 1. The van der Waals surface area contributed by atoms with Crippen LogP contribution in [-0.2, 0) is 17.9 Å². The Morgan fingerprint density at radius 2 is 1.91 bits per heavy atom. The maximum Gasteiger partial charge on any atom is 0.246 e. The molecular weight excluding hydrogens is 515 g/mol. The number of hydrogen-bond donors (Lipinski definition) is 3. The predicted molar refractivity (Wildman–Crippen MR) is 140 cm³/mol. The minimum Gasteiger partial charge on any atom is -0.357 e. The Morgan fingerprint density at radius 3 is 2.62 bits per heavy atom. The fraction of sp³-hybridized carbons (Fsp3) is 0.292. The van der Waals surface area contributed by atoms with Gasteiger partial charge in [0.25, 0.3) is 0 Å². The van der Waals surface area contributed by atoms with Crippen LogP contribution in [0.5, 0.6) is 0 Å². The quantitative estimate of drug-likeness (QED) is 0.215. The molecule has 3 aromatic rings. The maximum atomic E-state index is 12.2. The summed E-state index contributed by atoms with van der Waals surface area (Å²) in [7, 11) is 0. The smallest absolute Gasteiger partial charge is 0.246 e. The second-order valence-electron chi connectivity index (χ2n) is 7.34. The molecule has 0 saturated heterocycles. The highest BCUT2D eigenvalue weighted by Gasteiger charge is 2.07. The molecule has 0 radical (unpaired) electrons. The van der Waals surface area contributed by atoms with Gasteiger partial charge in [-0.1, -0.05) is 49.4 Å². The van der Waals surface area contributed by atoms with Gasteiger partial charge in [-0.2, -0.15) is 5.10 Å². The number of nitrogens with one attached hydrogen (secondary N) is 3. The Hall–Kier alpha value is -2.88. The molecule has 3 rings (SSSR count). The third-order valence-electron chi connectivity index (χ3n) is 4.78. The first kappa shape index (κ1) is 25.4. The summed E-state index contributed by atoms with van der Waals surface area (Å²) >= 11 is 0. The largest absolute Gasteiger partial charge is 0.357 e. The van der Waals surface area contributed by atoms with E-state index in [1.165, 1.54) is 5.56 Å². The molecule has 0 spiro atoms. The van der Waals surface area contributed by atoms with Crippen LogP contribution >= 0.6 is 24.0 Å². The summed E-state index contributed by atoms with van der Waals surface area (Å²) in [5.74, 6) is 1.03. The van der Waals surface area contributed by atoms with Crippen LogP contribution in [0.25, 0.3) is 0 Å². The van der Waals surface area contributed by atoms with Crippen LogP contribution in [0, 0.1) is 0 Å². The highest BCUT2D eigenvalue weighted by molar-refractivity contribution is 14.0. The van der Waals surface area contributed by atoms with Gasteiger partial charge in [0.05, 0.1) is 6.54 Å². The lowest BCUT2D eigenvalue weighted by Gasteiger charge is -2.16.